The van der Waals surface area contributed by atoms with Gasteiger partial charge in [-0.15, -0.1) is 0 Å². The highest BCUT2D eigenvalue weighted by Gasteiger charge is 1.93. The van der Waals surface area contributed by atoms with Gasteiger partial charge in [0.2, 0.25) is 0 Å². The van der Waals surface area contributed by atoms with Gasteiger partial charge in [0, 0.05) is 5.56 Å². The van der Waals surface area contributed by atoms with Gasteiger partial charge in [0.1, 0.15) is 11.5 Å². The molecule has 0 bridgehead atoms. The van der Waals surface area contributed by atoms with Gasteiger partial charge in [0.25, 0.3) is 0 Å². The van der Waals surface area contributed by atoms with E-state index in [9.17, 15) is 0 Å². The Kier molecular flexibility index (Phi) is 6.84. The molecule has 0 unspecified atom stereocenters. The summed E-state index contributed by atoms with van der Waals surface area (Å²) in [5.74, 6) is 1.15. The van der Waals surface area contributed by atoms with Gasteiger partial charge in [-0.2, -0.15) is 0 Å². The van der Waals surface area contributed by atoms with E-state index < -0.39 is 0 Å². The van der Waals surface area contributed by atoms with Crippen LogP contribution in [-0.4, -0.2) is 19.0 Å². The lowest BCUT2D eigenvalue weighted by molar-refractivity contribution is 0.0985. The number of methoxy groups -OCH3 is 1. The molecular formula is C16H17O3. The molecule has 0 atom stereocenters. The van der Waals surface area contributed by atoms with Crippen LogP contribution in [0.5, 0.6) is 5.75 Å². The minimum atomic E-state index is -0.260. The number of aliphatic hydroxyl groups is 1. The smallest absolute Gasteiger partial charge is 0.186 e. The molecule has 0 heterocycles. The molecule has 2 rings (SSSR count). The normalized spacial score (nSPS) is 8.95. The van der Waals surface area contributed by atoms with Gasteiger partial charge < -0.3 is 14.6 Å². The average molecular weight is 257 g/mol. The maximum absolute atomic E-state index is 8.30. The van der Waals surface area contributed by atoms with Crippen LogP contribution in [0.3, 0.4) is 0 Å². The minimum absolute atomic E-state index is 0.260. The largest absolute Gasteiger partial charge is 0.496 e. The van der Waals surface area contributed by atoms with Gasteiger partial charge in [-0.05, 0) is 18.7 Å². The molecule has 0 fully saturated rings. The first kappa shape index (κ1) is 14.8. The van der Waals surface area contributed by atoms with Crippen molar-refractivity contribution in [1.82, 2.24) is 0 Å². The van der Waals surface area contributed by atoms with Crippen LogP contribution in [0, 0.1) is 6.58 Å². The van der Waals surface area contributed by atoms with Crippen LogP contribution in [0.4, 0.5) is 0 Å². The summed E-state index contributed by atoms with van der Waals surface area (Å²) in [4.78, 5) is 0. The quantitative estimate of drug-likeness (QED) is 0.675. The van der Waals surface area contributed by atoms with Crippen molar-refractivity contribution >= 4 is 5.76 Å². The van der Waals surface area contributed by atoms with Crippen molar-refractivity contribution in [2.24, 2.45) is 0 Å². The molecule has 19 heavy (non-hydrogen) atoms. The number of ether oxygens (including phenoxy) is 2. The van der Waals surface area contributed by atoms with Crippen LogP contribution in [0.25, 0.3) is 5.76 Å². The number of hydrogen-bond acceptors (Lipinski definition) is 3. The summed E-state index contributed by atoms with van der Waals surface area (Å²) >= 11 is 0. The van der Waals surface area contributed by atoms with Crippen LogP contribution in [-0.2, 0) is 4.74 Å². The second-order valence-corrected chi connectivity index (χ2v) is 3.52. The Morgan fingerprint density at radius 2 is 1.53 bits per heavy atom. The SMILES string of the molecule is OCOc1ccccc1.[CH]=C(OC)c1ccccc1. The van der Waals surface area contributed by atoms with Gasteiger partial charge in [-0.25, -0.2) is 0 Å². The minimum Gasteiger partial charge on any atom is -0.496 e. The highest BCUT2D eigenvalue weighted by molar-refractivity contribution is 5.55. The number of rotatable bonds is 4. The van der Waals surface area contributed by atoms with Gasteiger partial charge in [-0.3, -0.25) is 0 Å². The van der Waals surface area contributed by atoms with Crippen molar-refractivity contribution in [2.45, 2.75) is 0 Å². The Morgan fingerprint density at radius 3 is 2.00 bits per heavy atom. The summed E-state index contributed by atoms with van der Waals surface area (Å²) in [5, 5.41) is 8.30. The molecular weight excluding hydrogens is 240 g/mol. The Hall–Kier alpha value is -2.26. The molecule has 2 aromatic carbocycles. The van der Waals surface area contributed by atoms with E-state index in [-0.39, 0.29) is 6.79 Å². The first-order valence-electron chi connectivity index (χ1n) is 5.78. The van der Waals surface area contributed by atoms with Crippen molar-refractivity contribution in [3.8, 4) is 5.75 Å². The maximum atomic E-state index is 8.30. The molecule has 0 spiro atoms. The molecule has 99 valence electrons. The number of aliphatic hydroxyl groups excluding tert-OH is 1. The Bertz CT molecular complexity index is 466. The number of para-hydroxylation sites is 1. The summed E-state index contributed by atoms with van der Waals surface area (Å²) in [6.45, 7) is 5.23. The molecule has 0 aliphatic carbocycles. The third kappa shape index (κ3) is 5.75. The van der Waals surface area contributed by atoms with E-state index in [0.717, 1.165) is 5.56 Å². The van der Waals surface area contributed by atoms with E-state index in [1.54, 1.807) is 19.2 Å². The third-order valence-electron chi connectivity index (χ3n) is 2.25. The highest BCUT2D eigenvalue weighted by Crippen LogP contribution is 2.10. The highest BCUT2D eigenvalue weighted by atomic mass is 16.6. The predicted octanol–water partition coefficient (Wildman–Crippen LogP) is 3.12. The maximum Gasteiger partial charge on any atom is 0.186 e. The van der Waals surface area contributed by atoms with Crippen molar-refractivity contribution in [1.29, 1.82) is 0 Å². The first-order chi connectivity index (χ1) is 9.27. The van der Waals surface area contributed by atoms with Crippen LogP contribution >= 0.6 is 0 Å². The Balaban J connectivity index is 0.000000191. The summed E-state index contributed by atoms with van der Waals surface area (Å²) in [6, 6.07) is 18.7. The topological polar surface area (TPSA) is 38.7 Å². The first-order valence-corrected chi connectivity index (χ1v) is 5.78. The Labute approximate surface area is 113 Å². The monoisotopic (exact) mass is 257 g/mol. The van der Waals surface area contributed by atoms with Crippen molar-refractivity contribution in [2.75, 3.05) is 13.9 Å². The number of hydrogen-bond donors (Lipinski definition) is 1. The summed E-state index contributed by atoms with van der Waals surface area (Å²) in [5.41, 5.74) is 0.921. The molecule has 0 aliphatic rings. The van der Waals surface area contributed by atoms with Crippen molar-refractivity contribution in [3.63, 3.8) is 0 Å². The molecule has 2 aromatic rings. The fraction of sp³-hybridized carbons (Fsp3) is 0.125. The molecule has 1 radical (unpaired) electrons. The lowest BCUT2D eigenvalue weighted by Crippen LogP contribution is -1.93. The zero-order valence-electron chi connectivity index (χ0n) is 10.8. The number of benzene rings is 2. The molecule has 0 aromatic heterocycles. The molecule has 0 aliphatic heterocycles. The van der Waals surface area contributed by atoms with E-state index in [2.05, 4.69) is 0 Å². The van der Waals surface area contributed by atoms with E-state index >= 15 is 0 Å². The van der Waals surface area contributed by atoms with E-state index in [4.69, 9.17) is 21.2 Å². The second kappa shape index (κ2) is 8.78. The summed E-state index contributed by atoms with van der Waals surface area (Å²) in [6.07, 6.45) is 0. The van der Waals surface area contributed by atoms with E-state index in [0.29, 0.717) is 11.5 Å². The van der Waals surface area contributed by atoms with Crippen LogP contribution < -0.4 is 4.74 Å². The Morgan fingerprint density at radius 1 is 1.00 bits per heavy atom. The molecule has 3 nitrogen and oxygen atoms in total. The fourth-order valence-electron chi connectivity index (χ4n) is 1.31. The molecule has 1 N–H and O–H groups in total. The second-order valence-electron chi connectivity index (χ2n) is 3.52. The van der Waals surface area contributed by atoms with E-state index in [1.807, 2.05) is 48.5 Å². The summed E-state index contributed by atoms with van der Waals surface area (Å²) in [7, 11) is 1.56. The lowest BCUT2D eigenvalue weighted by atomic mass is 10.2. The van der Waals surface area contributed by atoms with Crippen molar-refractivity contribution in [3.05, 3.63) is 72.8 Å². The molecule has 0 saturated carbocycles. The van der Waals surface area contributed by atoms with Crippen LogP contribution in [0.15, 0.2) is 60.7 Å². The predicted molar refractivity (Wildman–Crippen MR) is 75.3 cm³/mol. The summed E-state index contributed by atoms with van der Waals surface area (Å²) < 4.78 is 9.59. The fourth-order valence-corrected chi connectivity index (χ4v) is 1.31. The van der Waals surface area contributed by atoms with E-state index in [1.165, 1.54) is 0 Å². The standard InChI is InChI=1S/C9H9O.C7H8O2/c1-8(10-2)9-6-4-3-5-7-9;8-6-9-7-4-2-1-3-5-7/h1,3-7H,2H3;1-5,8H,6H2. The molecule has 0 saturated heterocycles. The lowest BCUT2D eigenvalue weighted by Gasteiger charge is -2.01. The third-order valence-corrected chi connectivity index (χ3v) is 2.25. The van der Waals surface area contributed by atoms with Crippen LogP contribution in [0.1, 0.15) is 5.56 Å². The zero-order chi connectivity index (χ0) is 13.9. The van der Waals surface area contributed by atoms with Crippen molar-refractivity contribution < 1.29 is 14.6 Å². The van der Waals surface area contributed by atoms with Gasteiger partial charge in [0.15, 0.2) is 6.79 Å². The van der Waals surface area contributed by atoms with Gasteiger partial charge >= 0.3 is 0 Å². The van der Waals surface area contributed by atoms with Gasteiger partial charge in [-0.1, -0.05) is 48.5 Å². The van der Waals surface area contributed by atoms with Gasteiger partial charge in [0.05, 0.1) is 7.11 Å². The zero-order valence-corrected chi connectivity index (χ0v) is 10.8. The molecule has 0 amide bonds. The molecule has 3 heteroatoms. The average Bonchev–Trinajstić information content (AvgIpc) is 2.49. The van der Waals surface area contributed by atoms with Crippen LogP contribution in [0.2, 0.25) is 0 Å².